The summed E-state index contributed by atoms with van der Waals surface area (Å²) in [4.78, 5) is 12.0. The van der Waals surface area contributed by atoms with Gasteiger partial charge in [0.05, 0.1) is 12.3 Å². The third kappa shape index (κ3) is 3.89. The van der Waals surface area contributed by atoms with Gasteiger partial charge in [0.2, 0.25) is 0 Å². The molecule has 0 radical (unpaired) electrons. The van der Waals surface area contributed by atoms with Crippen molar-refractivity contribution >= 4 is 11.6 Å². The van der Waals surface area contributed by atoms with E-state index in [1.54, 1.807) is 18.2 Å². The van der Waals surface area contributed by atoms with E-state index in [0.29, 0.717) is 23.6 Å². The standard InChI is InChI=1S/C16H24N2O2/c1-2-20-15-8-7-13(11-14(15)17)16(19)18-10-9-12-5-3-4-6-12/h7-8,11-12H,2-6,9-10,17H2,1H3,(H,18,19). The molecule has 1 amide bonds. The number of hydrogen-bond acceptors (Lipinski definition) is 3. The highest BCUT2D eigenvalue weighted by atomic mass is 16.5. The van der Waals surface area contributed by atoms with Crippen LogP contribution >= 0.6 is 0 Å². The lowest BCUT2D eigenvalue weighted by Gasteiger charge is -2.11. The molecule has 0 bridgehead atoms. The molecule has 0 aromatic heterocycles. The van der Waals surface area contributed by atoms with Gasteiger partial charge in [-0.2, -0.15) is 0 Å². The van der Waals surface area contributed by atoms with Crippen molar-refractivity contribution in [3.63, 3.8) is 0 Å². The quantitative estimate of drug-likeness (QED) is 0.785. The summed E-state index contributed by atoms with van der Waals surface area (Å²) in [5.41, 5.74) is 6.97. The number of hydrogen-bond donors (Lipinski definition) is 2. The Morgan fingerprint density at radius 3 is 2.80 bits per heavy atom. The van der Waals surface area contributed by atoms with Crippen molar-refractivity contribution in [1.29, 1.82) is 0 Å². The lowest BCUT2D eigenvalue weighted by molar-refractivity contribution is 0.0951. The number of nitrogens with one attached hydrogen (secondary N) is 1. The Balaban J connectivity index is 1.83. The minimum atomic E-state index is -0.0576. The van der Waals surface area contributed by atoms with E-state index in [1.807, 2.05) is 6.92 Å². The van der Waals surface area contributed by atoms with Crippen LogP contribution in [0.15, 0.2) is 18.2 Å². The highest BCUT2D eigenvalue weighted by molar-refractivity contribution is 5.95. The predicted molar refractivity (Wildman–Crippen MR) is 80.9 cm³/mol. The maximum Gasteiger partial charge on any atom is 0.251 e. The number of anilines is 1. The Labute approximate surface area is 120 Å². The predicted octanol–water partition coefficient (Wildman–Crippen LogP) is 2.98. The van der Waals surface area contributed by atoms with E-state index >= 15 is 0 Å². The van der Waals surface area contributed by atoms with E-state index in [-0.39, 0.29) is 5.91 Å². The van der Waals surface area contributed by atoms with E-state index in [1.165, 1.54) is 25.7 Å². The summed E-state index contributed by atoms with van der Waals surface area (Å²) in [7, 11) is 0. The summed E-state index contributed by atoms with van der Waals surface area (Å²) in [6, 6.07) is 5.19. The molecule has 0 aliphatic heterocycles. The Morgan fingerprint density at radius 1 is 1.40 bits per heavy atom. The largest absolute Gasteiger partial charge is 0.492 e. The zero-order chi connectivity index (χ0) is 14.4. The number of amides is 1. The summed E-state index contributed by atoms with van der Waals surface area (Å²) in [6.07, 6.45) is 6.39. The van der Waals surface area contributed by atoms with Crippen LogP contribution in [0.3, 0.4) is 0 Å². The second-order valence-corrected chi connectivity index (χ2v) is 5.38. The molecule has 1 aliphatic carbocycles. The van der Waals surface area contributed by atoms with Crippen LogP contribution in [0.1, 0.15) is 49.4 Å². The van der Waals surface area contributed by atoms with Gasteiger partial charge in [-0.3, -0.25) is 4.79 Å². The monoisotopic (exact) mass is 276 g/mol. The number of rotatable bonds is 6. The molecule has 0 unspecified atom stereocenters. The van der Waals surface area contributed by atoms with E-state index in [2.05, 4.69) is 5.32 Å². The fraction of sp³-hybridized carbons (Fsp3) is 0.562. The zero-order valence-corrected chi connectivity index (χ0v) is 12.2. The van der Waals surface area contributed by atoms with Crippen molar-refractivity contribution in [3.8, 4) is 5.75 Å². The van der Waals surface area contributed by atoms with Gasteiger partial charge in [-0.1, -0.05) is 25.7 Å². The van der Waals surface area contributed by atoms with Gasteiger partial charge in [-0.25, -0.2) is 0 Å². The average molecular weight is 276 g/mol. The molecule has 1 fully saturated rings. The Morgan fingerprint density at radius 2 is 2.15 bits per heavy atom. The van der Waals surface area contributed by atoms with Crippen molar-refractivity contribution in [2.24, 2.45) is 5.92 Å². The van der Waals surface area contributed by atoms with Crippen molar-refractivity contribution in [1.82, 2.24) is 5.32 Å². The summed E-state index contributed by atoms with van der Waals surface area (Å²) >= 11 is 0. The van der Waals surface area contributed by atoms with Gasteiger partial charge in [-0.15, -0.1) is 0 Å². The van der Waals surface area contributed by atoms with Gasteiger partial charge in [0.25, 0.3) is 5.91 Å². The number of ether oxygens (including phenoxy) is 1. The lowest BCUT2D eigenvalue weighted by atomic mass is 10.0. The van der Waals surface area contributed by atoms with Gasteiger partial charge >= 0.3 is 0 Å². The van der Waals surface area contributed by atoms with E-state index in [0.717, 1.165) is 18.9 Å². The van der Waals surface area contributed by atoms with Crippen LogP contribution in [0.2, 0.25) is 0 Å². The molecule has 4 nitrogen and oxygen atoms in total. The third-order valence-electron chi connectivity index (χ3n) is 3.88. The smallest absolute Gasteiger partial charge is 0.251 e. The number of benzene rings is 1. The molecule has 1 aromatic carbocycles. The molecule has 0 heterocycles. The van der Waals surface area contributed by atoms with Crippen molar-refractivity contribution in [3.05, 3.63) is 23.8 Å². The van der Waals surface area contributed by atoms with Gasteiger partial charge in [-0.05, 0) is 37.5 Å². The number of nitrogens with two attached hydrogens (primary N) is 1. The van der Waals surface area contributed by atoms with E-state index < -0.39 is 0 Å². The first-order chi connectivity index (χ1) is 9.70. The molecule has 1 aliphatic rings. The normalized spacial score (nSPS) is 15.2. The molecular weight excluding hydrogens is 252 g/mol. The summed E-state index contributed by atoms with van der Waals surface area (Å²) in [6.45, 7) is 3.22. The maximum atomic E-state index is 12.0. The SMILES string of the molecule is CCOc1ccc(C(=O)NCCC2CCCC2)cc1N. The average Bonchev–Trinajstić information content (AvgIpc) is 2.94. The van der Waals surface area contributed by atoms with Gasteiger partial charge in [0.15, 0.2) is 0 Å². The first-order valence-corrected chi connectivity index (χ1v) is 7.51. The second kappa shape index (κ2) is 7.17. The number of carbonyl (C=O) groups excluding carboxylic acids is 1. The van der Waals surface area contributed by atoms with E-state index in [9.17, 15) is 4.79 Å². The van der Waals surface area contributed by atoms with Crippen LogP contribution in [-0.2, 0) is 0 Å². The third-order valence-corrected chi connectivity index (χ3v) is 3.88. The molecule has 3 N–H and O–H groups in total. The first kappa shape index (κ1) is 14.7. The Bertz CT molecular complexity index is 454. The molecule has 4 heteroatoms. The van der Waals surface area contributed by atoms with Crippen LogP contribution in [0, 0.1) is 5.92 Å². The summed E-state index contributed by atoms with van der Waals surface area (Å²) < 4.78 is 5.36. The van der Waals surface area contributed by atoms with Gasteiger partial charge in [0, 0.05) is 12.1 Å². The lowest BCUT2D eigenvalue weighted by Crippen LogP contribution is -2.25. The summed E-state index contributed by atoms with van der Waals surface area (Å²) in [5, 5.41) is 2.97. The fourth-order valence-corrected chi connectivity index (χ4v) is 2.77. The van der Waals surface area contributed by atoms with Crippen LogP contribution in [0.4, 0.5) is 5.69 Å². The Kier molecular flexibility index (Phi) is 5.27. The molecule has 1 aromatic rings. The fourth-order valence-electron chi connectivity index (χ4n) is 2.77. The molecular formula is C16H24N2O2. The molecule has 110 valence electrons. The minimum absolute atomic E-state index is 0.0576. The highest BCUT2D eigenvalue weighted by Gasteiger charge is 2.15. The van der Waals surface area contributed by atoms with Crippen LogP contribution in [0.25, 0.3) is 0 Å². The number of carbonyl (C=O) groups is 1. The topological polar surface area (TPSA) is 64.3 Å². The van der Waals surface area contributed by atoms with Gasteiger partial charge in [0.1, 0.15) is 5.75 Å². The van der Waals surface area contributed by atoms with Crippen molar-refractivity contribution in [2.75, 3.05) is 18.9 Å². The molecule has 0 spiro atoms. The summed E-state index contributed by atoms with van der Waals surface area (Å²) in [5.74, 6) is 1.37. The first-order valence-electron chi connectivity index (χ1n) is 7.51. The molecule has 2 rings (SSSR count). The van der Waals surface area contributed by atoms with Crippen LogP contribution in [0.5, 0.6) is 5.75 Å². The zero-order valence-electron chi connectivity index (χ0n) is 12.2. The number of nitrogen functional groups attached to an aromatic ring is 1. The second-order valence-electron chi connectivity index (χ2n) is 5.38. The van der Waals surface area contributed by atoms with Crippen molar-refractivity contribution < 1.29 is 9.53 Å². The van der Waals surface area contributed by atoms with Crippen LogP contribution < -0.4 is 15.8 Å². The van der Waals surface area contributed by atoms with Crippen LogP contribution in [-0.4, -0.2) is 19.1 Å². The Hall–Kier alpha value is -1.71. The molecule has 0 atom stereocenters. The molecule has 1 saturated carbocycles. The minimum Gasteiger partial charge on any atom is -0.492 e. The maximum absolute atomic E-state index is 12.0. The molecule has 0 saturated heterocycles. The molecule has 20 heavy (non-hydrogen) atoms. The van der Waals surface area contributed by atoms with Gasteiger partial charge < -0.3 is 15.8 Å². The van der Waals surface area contributed by atoms with Crippen molar-refractivity contribution in [2.45, 2.75) is 39.0 Å². The highest BCUT2D eigenvalue weighted by Crippen LogP contribution is 2.27. The van der Waals surface area contributed by atoms with E-state index in [4.69, 9.17) is 10.5 Å².